The fourth-order valence-corrected chi connectivity index (χ4v) is 1.56. The minimum absolute atomic E-state index is 0.324. The van der Waals surface area contributed by atoms with Gasteiger partial charge in [-0.15, -0.1) is 0 Å². The molecule has 0 spiro atoms. The Balaban J connectivity index is 2.81. The lowest BCUT2D eigenvalue weighted by molar-refractivity contribution is 0.282. The Morgan fingerprint density at radius 1 is 0.533 bits per heavy atom. The van der Waals surface area contributed by atoms with E-state index in [2.05, 4.69) is 5.32 Å². The first-order valence-electron chi connectivity index (χ1n) is 6.34. The lowest BCUT2D eigenvalue weighted by Crippen LogP contribution is -2.16. The molecule has 0 aliphatic rings. The molecule has 0 heterocycles. The van der Waals surface area contributed by atoms with Crippen LogP contribution < -0.4 is 5.32 Å². The topological polar surface area (TPSA) is 52.5 Å². The van der Waals surface area contributed by atoms with E-state index in [0.717, 1.165) is 38.8 Å². The lowest BCUT2D eigenvalue weighted by Gasteiger charge is -2.04. The molecule has 3 N–H and O–H groups in total. The highest BCUT2D eigenvalue weighted by atomic mass is 16.3. The van der Waals surface area contributed by atoms with Crippen LogP contribution in [0, 0.1) is 0 Å². The molecule has 0 aliphatic carbocycles. The molecule has 0 unspecified atom stereocenters. The monoisotopic (exact) mass is 217 g/mol. The number of hydrogen-bond donors (Lipinski definition) is 3. The summed E-state index contributed by atoms with van der Waals surface area (Å²) < 4.78 is 0. The fraction of sp³-hybridized carbons (Fsp3) is 1.00. The van der Waals surface area contributed by atoms with Crippen LogP contribution in [-0.2, 0) is 0 Å². The predicted octanol–water partition coefficient (Wildman–Crippen LogP) is 1.68. The zero-order chi connectivity index (χ0) is 11.2. The van der Waals surface area contributed by atoms with Crippen molar-refractivity contribution in [2.24, 2.45) is 0 Å². The molecule has 0 saturated heterocycles. The number of unbranched alkanes of at least 4 members (excludes halogenated alkanes) is 6. The second-order valence-electron chi connectivity index (χ2n) is 4.03. The maximum absolute atomic E-state index is 8.58. The first-order valence-corrected chi connectivity index (χ1v) is 6.34. The van der Waals surface area contributed by atoms with Crippen LogP contribution in [0.1, 0.15) is 51.4 Å². The Bertz CT molecular complexity index is 97.8. The van der Waals surface area contributed by atoms with Crippen LogP contribution in [-0.4, -0.2) is 36.5 Å². The summed E-state index contributed by atoms with van der Waals surface area (Å²) in [5, 5.41) is 20.6. The molecule has 92 valence electrons. The van der Waals surface area contributed by atoms with Gasteiger partial charge in [0.15, 0.2) is 0 Å². The molecule has 0 aromatic rings. The first kappa shape index (κ1) is 14.9. The summed E-state index contributed by atoms with van der Waals surface area (Å²) in [7, 11) is 0. The van der Waals surface area contributed by atoms with E-state index >= 15 is 0 Å². The van der Waals surface area contributed by atoms with Gasteiger partial charge in [0.1, 0.15) is 0 Å². The number of nitrogens with one attached hydrogen (secondary N) is 1. The van der Waals surface area contributed by atoms with Crippen molar-refractivity contribution in [2.45, 2.75) is 51.4 Å². The van der Waals surface area contributed by atoms with E-state index in [4.69, 9.17) is 10.2 Å². The number of hydrogen-bond acceptors (Lipinski definition) is 3. The van der Waals surface area contributed by atoms with Gasteiger partial charge in [0.25, 0.3) is 0 Å². The lowest BCUT2D eigenvalue weighted by atomic mass is 10.1. The number of aliphatic hydroxyl groups excluding tert-OH is 2. The molecule has 0 saturated carbocycles. The van der Waals surface area contributed by atoms with Gasteiger partial charge in [-0.1, -0.05) is 19.3 Å². The summed E-state index contributed by atoms with van der Waals surface area (Å²) in [5.41, 5.74) is 0. The van der Waals surface area contributed by atoms with Crippen LogP contribution in [0.4, 0.5) is 0 Å². The Morgan fingerprint density at radius 2 is 0.933 bits per heavy atom. The molecular weight excluding hydrogens is 190 g/mol. The van der Waals surface area contributed by atoms with Gasteiger partial charge in [-0.05, 0) is 45.2 Å². The first-order chi connectivity index (χ1) is 7.41. The Labute approximate surface area is 93.9 Å². The van der Waals surface area contributed by atoms with E-state index in [1.807, 2.05) is 0 Å². The Morgan fingerprint density at radius 3 is 1.47 bits per heavy atom. The minimum atomic E-state index is 0.324. The van der Waals surface area contributed by atoms with Gasteiger partial charge in [0, 0.05) is 13.2 Å². The number of rotatable bonds is 12. The third-order valence-corrected chi connectivity index (χ3v) is 2.52. The highest BCUT2D eigenvalue weighted by molar-refractivity contribution is 4.50. The van der Waals surface area contributed by atoms with Gasteiger partial charge in [-0.2, -0.15) is 0 Å². The minimum Gasteiger partial charge on any atom is -0.396 e. The number of aliphatic hydroxyl groups is 2. The molecule has 0 atom stereocenters. The second kappa shape index (κ2) is 13.9. The quantitative estimate of drug-likeness (QED) is 0.436. The van der Waals surface area contributed by atoms with E-state index in [0.29, 0.717) is 13.2 Å². The molecule has 0 rings (SSSR count). The van der Waals surface area contributed by atoms with Crippen molar-refractivity contribution in [1.29, 1.82) is 0 Å². The van der Waals surface area contributed by atoms with E-state index in [9.17, 15) is 0 Å². The summed E-state index contributed by atoms with van der Waals surface area (Å²) in [5.74, 6) is 0. The molecule has 0 aliphatic heterocycles. The summed E-state index contributed by atoms with van der Waals surface area (Å²) >= 11 is 0. The van der Waals surface area contributed by atoms with Crippen molar-refractivity contribution in [3.8, 4) is 0 Å². The largest absolute Gasteiger partial charge is 0.396 e. The highest BCUT2D eigenvalue weighted by Crippen LogP contribution is 2.01. The average Bonchev–Trinajstić information content (AvgIpc) is 2.26. The molecule has 3 heteroatoms. The van der Waals surface area contributed by atoms with Gasteiger partial charge < -0.3 is 15.5 Å². The summed E-state index contributed by atoms with van der Waals surface area (Å²) in [6, 6.07) is 0. The average molecular weight is 217 g/mol. The zero-order valence-electron chi connectivity index (χ0n) is 9.88. The Kier molecular flexibility index (Phi) is 13.8. The summed E-state index contributed by atoms with van der Waals surface area (Å²) in [4.78, 5) is 0. The van der Waals surface area contributed by atoms with Gasteiger partial charge in [0.05, 0.1) is 0 Å². The van der Waals surface area contributed by atoms with Crippen LogP contribution in [0.2, 0.25) is 0 Å². The van der Waals surface area contributed by atoms with E-state index < -0.39 is 0 Å². The maximum Gasteiger partial charge on any atom is 0.0431 e. The van der Waals surface area contributed by atoms with Crippen LogP contribution in [0.15, 0.2) is 0 Å². The standard InChI is InChI=1S/C12H27NO2/c14-11-7-3-1-2-5-9-13-10-6-4-8-12-15/h13-15H,1-12H2. The SMILES string of the molecule is OCCCCCCCNCCCCCO. The molecule has 0 amide bonds. The third-order valence-electron chi connectivity index (χ3n) is 2.52. The van der Waals surface area contributed by atoms with Crippen molar-refractivity contribution in [2.75, 3.05) is 26.3 Å². The van der Waals surface area contributed by atoms with Crippen molar-refractivity contribution in [3.63, 3.8) is 0 Å². The molecule has 0 bridgehead atoms. The van der Waals surface area contributed by atoms with Gasteiger partial charge in [-0.25, -0.2) is 0 Å². The molecule has 15 heavy (non-hydrogen) atoms. The van der Waals surface area contributed by atoms with Crippen molar-refractivity contribution >= 4 is 0 Å². The Hall–Kier alpha value is -0.120. The van der Waals surface area contributed by atoms with Crippen LogP contribution >= 0.6 is 0 Å². The maximum atomic E-state index is 8.58. The van der Waals surface area contributed by atoms with E-state index in [1.54, 1.807) is 0 Å². The van der Waals surface area contributed by atoms with E-state index in [1.165, 1.54) is 25.7 Å². The van der Waals surface area contributed by atoms with Crippen LogP contribution in [0.25, 0.3) is 0 Å². The predicted molar refractivity (Wildman–Crippen MR) is 64.0 cm³/mol. The molecule has 3 nitrogen and oxygen atoms in total. The summed E-state index contributed by atoms with van der Waals surface area (Å²) in [6.45, 7) is 2.85. The highest BCUT2D eigenvalue weighted by Gasteiger charge is 1.91. The molecular formula is C12H27NO2. The van der Waals surface area contributed by atoms with Crippen LogP contribution in [0.5, 0.6) is 0 Å². The second-order valence-corrected chi connectivity index (χ2v) is 4.03. The van der Waals surface area contributed by atoms with Gasteiger partial charge >= 0.3 is 0 Å². The molecule has 0 radical (unpaired) electrons. The molecule has 0 aromatic carbocycles. The van der Waals surface area contributed by atoms with Crippen molar-refractivity contribution in [1.82, 2.24) is 5.32 Å². The smallest absolute Gasteiger partial charge is 0.0431 e. The van der Waals surface area contributed by atoms with Crippen molar-refractivity contribution < 1.29 is 10.2 Å². The van der Waals surface area contributed by atoms with Gasteiger partial charge in [0.2, 0.25) is 0 Å². The van der Waals surface area contributed by atoms with Crippen LogP contribution in [0.3, 0.4) is 0 Å². The third kappa shape index (κ3) is 13.9. The van der Waals surface area contributed by atoms with Crippen molar-refractivity contribution in [3.05, 3.63) is 0 Å². The normalized spacial score (nSPS) is 10.8. The zero-order valence-corrected chi connectivity index (χ0v) is 9.88. The fourth-order valence-electron chi connectivity index (χ4n) is 1.56. The van der Waals surface area contributed by atoms with Gasteiger partial charge in [-0.3, -0.25) is 0 Å². The molecule has 0 fully saturated rings. The van der Waals surface area contributed by atoms with E-state index in [-0.39, 0.29) is 0 Å². The summed E-state index contributed by atoms with van der Waals surface area (Å²) in [6.07, 6.45) is 9.09. The molecule has 0 aromatic heterocycles.